The van der Waals surface area contributed by atoms with Gasteiger partial charge in [0, 0.05) is 20.2 Å². The number of aliphatic hydroxyl groups is 1. The summed E-state index contributed by atoms with van der Waals surface area (Å²) in [5.74, 6) is 0.249. The second-order valence-corrected chi connectivity index (χ2v) is 7.51. The van der Waals surface area contributed by atoms with Crippen molar-refractivity contribution in [3.63, 3.8) is 0 Å². The molecule has 1 aromatic rings. The van der Waals surface area contributed by atoms with Crippen LogP contribution in [0.15, 0.2) is 29.2 Å². The molecule has 1 aliphatic rings. The molecule has 1 saturated heterocycles. The van der Waals surface area contributed by atoms with Gasteiger partial charge in [0.1, 0.15) is 0 Å². The van der Waals surface area contributed by atoms with Crippen molar-refractivity contribution in [2.24, 2.45) is 5.92 Å². The third-order valence-electron chi connectivity index (χ3n) is 3.86. The molecule has 1 aromatic carbocycles. The lowest BCUT2D eigenvalue weighted by Gasteiger charge is -2.31. The van der Waals surface area contributed by atoms with Gasteiger partial charge in [-0.15, -0.1) is 0 Å². The van der Waals surface area contributed by atoms with E-state index in [0.717, 1.165) is 12.8 Å². The van der Waals surface area contributed by atoms with E-state index in [0.29, 0.717) is 25.3 Å². The lowest BCUT2D eigenvalue weighted by Crippen LogP contribution is -2.41. The van der Waals surface area contributed by atoms with E-state index in [1.807, 2.05) is 0 Å². The Morgan fingerprint density at radius 1 is 1.48 bits per heavy atom. The van der Waals surface area contributed by atoms with Gasteiger partial charge >= 0.3 is 0 Å². The van der Waals surface area contributed by atoms with Gasteiger partial charge in [0.15, 0.2) is 0 Å². The van der Waals surface area contributed by atoms with E-state index in [4.69, 9.17) is 4.74 Å². The summed E-state index contributed by atoms with van der Waals surface area (Å²) in [5, 5.41) is 9.61. The summed E-state index contributed by atoms with van der Waals surface area (Å²) in [4.78, 5) is 0.249. The third-order valence-corrected chi connectivity index (χ3v) is 5.72. The van der Waals surface area contributed by atoms with Crippen molar-refractivity contribution < 1.29 is 18.3 Å². The van der Waals surface area contributed by atoms with Gasteiger partial charge in [0.25, 0.3) is 0 Å². The van der Waals surface area contributed by atoms with Gasteiger partial charge in [-0.3, -0.25) is 0 Å². The molecule has 0 amide bonds. The van der Waals surface area contributed by atoms with Gasteiger partial charge < -0.3 is 9.84 Å². The number of piperidine rings is 1. The van der Waals surface area contributed by atoms with Crippen molar-refractivity contribution in [2.45, 2.75) is 30.8 Å². The highest BCUT2D eigenvalue weighted by atomic mass is 32.2. The van der Waals surface area contributed by atoms with Crippen LogP contribution in [0, 0.1) is 5.92 Å². The predicted octanol–water partition coefficient (Wildman–Crippen LogP) is 1.79. The average Bonchev–Trinajstić information content (AvgIpc) is 2.48. The zero-order chi connectivity index (χ0) is 15.5. The van der Waals surface area contributed by atoms with Crippen LogP contribution in [-0.4, -0.2) is 44.6 Å². The molecule has 2 atom stereocenters. The molecule has 0 aliphatic carbocycles. The van der Waals surface area contributed by atoms with Crippen LogP contribution in [0.25, 0.3) is 0 Å². The highest BCUT2D eigenvalue weighted by molar-refractivity contribution is 7.89. The van der Waals surface area contributed by atoms with Crippen LogP contribution in [0.2, 0.25) is 0 Å². The van der Waals surface area contributed by atoms with Gasteiger partial charge in [0.2, 0.25) is 10.0 Å². The summed E-state index contributed by atoms with van der Waals surface area (Å²) in [5.41, 5.74) is 0.613. The minimum atomic E-state index is -3.50. The SMILES string of the molecule is COCC1CCCN(S(=O)(=O)c2cccc(C(C)O)c2)C1. The van der Waals surface area contributed by atoms with E-state index in [-0.39, 0.29) is 10.8 Å². The molecule has 0 bridgehead atoms. The lowest BCUT2D eigenvalue weighted by atomic mass is 10.0. The molecule has 1 aliphatic heterocycles. The van der Waals surface area contributed by atoms with Crippen molar-refractivity contribution in [3.05, 3.63) is 29.8 Å². The molecule has 1 N–H and O–H groups in total. The maximum absolute atomic E-state index is 12.7. The van der Waals surface area contributed by atoms with Crippen molar-refractivity contribution in [1.29, 1.82) is 0 Å². The zero-order valence-electron chi connectivity index (χ0n) is 12.5. The summed E-state index contributed by atoms with van der Waals surface area (Å²) in [6, 6.07) is 6.54. The molecule has 1 fully saturated rings. The van der Waals surface area contributed by atoms with Crippen LogP contribution < -0.4 is 0 Å². The lowest BCUT2D eigenvalue weighted by molar-refractivity contribution is 0.118. The Labute approximate surface area is 126 Å². The van der Waals surface area contributed by atoms with Gasteiger partial charge in [-0.2, -0.15) is 4.31 Å². The molecular formula is C15H23NO4S. The van der Waals surface area contributed by atoms with E-state index in [2.05, 4.69) is 0 Å². The Balaban J connectivity index is 2.23. The largest absolute Gasteiger partial charge is 0.389 e. The smallest absolute Gasteiger partial charge is 0.243 e. The first-order chi connectivity index (χ1) is 9.95. The third kappa shape index (κ3) is 3.83. The number of hydrogen-bond donors (Lipinski definition) is 1. The van der Waals surface area contributed by atoms with Crippen LogP contribution in [-0.2, 0) is 14.8 Å². The van der Waals surface area contributed by atoms with Crippen molar-refractivity contribution in [1.82, 2.24) is 4.31 Å². The average molecular weight is 313 g/mol. The first kappa shape index (κ1) is 16.4. The number of nitrogens with zero attached hydrogens (tertiary/aromatic N) is 1. The normalized spacial score (nSPS) is 22.1. The van der Waals surface area contributed by atoms with Crippen molar-refractivity contribution in [3.8, 4) is 0 Å². The van der Waals surface area contributed by atoms with E-state index in [1.54, 1.807) is 38.3 Å². The quantitative estimate of drug-likeness (QED) is 0.900. The van der Waals surface area contributed by atoms with Crippen molar-refractivity contribution >= 4 is 10.0 Å². The first-order valence-electron chi connectivity index (χ1n) is 7.22. The number of hydrogen-bond acceptors (Lipinski definition) is 4. The molecular weight excluding hydrogens is 290 g/mol. The molecule has 0 aromatic heterocycles. The maximum atomic E-state index is 12.7. The molecule has 0 saturated carbocycles. The highest BCUT2D eigenvalue weighted by Crippen LogP contribution is 2.25. The fraction of sp³-hybridized carbons (Fsp3) is 0.600. The van der Waals surface area contributed by atoms with Crippen LogP contribution >= 0.6 is 0 Å². The molecule has 1 heterocycles. The number of aliphatic hydroxyl groups excluding tert-OH is 1. The Morgan fingerprint density at radius 2 is 2.24 bits per heavy atom. The summed E-state index contributed by atoms with van der Waals surface area (Å²) < 4.78 is 32.1. The number of methoxy groups -OCH3 is 1. The zero-order valence-corrected chi connectivity index (χ0v) is 13.3. The predicted molar refractivity (Wildman–Crippen MR) is 80.4 cm³/mol. The van der Waals surface area contributed by atoms with Gasteiger partial charge in [-0.25, -0.2) is 8.42 Å². The number of ether oxygens (including phenoxy) is 1. The summed E-state index contributed by atoms with van der Waals surface area (Å²) in [6.07, 6.45) is 1.17. The monoisotopic (exact) mass is 313 g/mol. The van der Waals surface area contributed by atoms with Crippen LogP contribution in [0.3, 0.4) is 0 Å². The standard InChI is InChI=1S/C15H23NO4S/c1-12(17)14-6-3-7-15(9-14)21(18,19)16-8-4-5-13(10-16)11-20-2/h3,6-7,9,12-13,17H,4-5,8,10-11H2,1-2H3. The van der Waals surface area contributed by atoms with E-state index >= 15 is 0 Å². The van der Waals surface area contributed by atoms with E-state index in [9.17, 15) is 13.5 Å². The maximum Gasteiger partial charge on any atom is 0.243 e. The highest BCUT2D eigenvalue weighted by Gasteiger charge is 2.30. The fourth-order valence-corrected chi connectivity index (χ4v) is 4.31. The molecule has 2 rings (SSSR count). The minimum absolute atomic E-state index is 0.249. The van der Waals surface area contributed by atoms with E-state index < -0.39 is 16.1 Å². The molecule has 21 heavy (non-hydrogen) atoms. The minimum Gasteiger partial charge on any atom is -0.389 e. The van der Waals surface area contributed by atoms with Gasteiger partial charge in [-0.1, -0.05) is 12.1 Å². The summed E-state index contributed by atoms with van der Waals surface area (Å²) >= 11 is 0. The second kappa shape index (κ2) is 6.87. The molecule has 6 heteroatoms. The number of sulfonamides is 1. The van der Waals surface area contributed by atoms with Crippen LogP contribution in [0.5, 0.6) is 0 Å². The number of rotatable bonds is 5. The summed E-state index contributed by atoms with van der Waals surface area (Å²) in [6.45, 7) is 3.25. The van der Waals surface area contributed by atoms with Gasteiger partial charge in [-0.05, 0) is 43.4 Å². The Kier molecular flexibility index (Phi) is 5.37. The van der Waals surface area contributed by atoms with E-state index in [1.165, 1.54) is 4.31 Å². The topological polar surface area (TPSA) is 66.8 Å². The molecule has 2 unspecified atom stereocenters. The van der Waals surface area contributed by atoms with Crippen LogP contribution in [0.4, 0.5) is 0 Å². The Morgan fingerprint density at radius 3 is 2.90 bits per heavy atom. The fourth-order valence-electron chi connectivity index (χ4n) is 2.70. The molecule has 0 radical (unpaired) electrons. The molecule has 118 valence electrons. The first-order valence-corrected chi connectivity index (χ1v) is 8.66. The van der Waals surface area contributed by atoms with Crippen LogP contribution in [0.1, 0.15) is 31.4 Å². The Hall–Kier alpha value is -0.950. The second-order valence-electron chi connectivity index (χ2n) is 5.58. The van der Waals surface area contributed by atoms with Gasteiger partial charge in [0.05, 0.1) is 17.6 Å². The number of benzene rings is 1. The molecule has 0 spiro atoms. The van der Waals surface area contributed by atoms with Crippen molar-refractivity contribution in [2.75, 3.05) is 26.8 Å². The molecule has 5 nitrogen and oxygen atoms in total. The summed E-state index contributed by atoms with van der Waals surface area (Å²) in [7, 11) is -1.86. The Bertz CT molecular complexity index is 569.